The van der Waals surface area contributed by atoms with Gasteiger partial charge in [0, 0.05) is 31.6 Å². The number of aliphatic hydroxyl groups excluding tert-OH is 1. The number of nitrogens with zero attached hydrogens (tertiary/aromatic N) is 6. The number of halogens is 1. The van der Waals surface area contributed by atoms with Crippen molar-refractivity contribution in [2.45, 2.75) is 45.4 Å². The normalized spacial score (nSPS) is 19.2. The molecule has 1 aromatic carbocycles. The van der Waals surface area contributed by atoms with E-state index in [2.05, 4.69) is 9.36 Å². The highest BCUT2D eigenvalue weighted by Crippen LogP contribution is 2.39. The highest BCUT2D eigenvalue weighted by atomic mass is 32.1. The standard InChI is InChI=1S/C22H23FN6O3S/c1-12-17-19(28-9-3-4-16(28)31)25-20(21-24-18(13(2)30)26-33-21)29(17)11-10-27(12)22(32)14-5-7-15(23)8-6-14/h5-8,12-13,30H,3-4,9-11H2,1-2H3. The average molecular weight is 471 g/mol. The minimum Gasteiger partial charge on any atom is -0.385 e. The van der Waals surface area contributed by atoms with E-state index in [9.17, 15) is 19.1 Å². The predicted octanol–water partition coefficient (Wildman–Crippen LogP) is 2.94. The van der Waals surface area contributed by atoms with E-state index < -0.39 is 11.9 Å². The number of amides is 2. The van der Waals surface area contributed by atoms with Crippen LogP contribution in [0.5, 0.6) is 0 Å². The van der Waals surface area contributed by atoms with Crippen LogP contribution in [0.3, 0.4) is 0 Å². The Kier molecular flexibility index (Phi) is 5.45. The lowest BCUT2D eigenvalue weighted by molar-refractivity contribution is -0.117. The lowest BCUT2D eigenvalue weighted by atomic mass is 10.1. The molecule has 172 valence electrons. The molecule has 4 heterocycles. The Hall–Kier alpha value is -3.18. The molecule has 9 nitrogen and oxygen atoms in total. The number of fused-ring (bicyclic) bond motifs is 1. The van der Waals surface area contributed by atoms with E-state index in [0.29, 0.717) is 54.1 Å². The highest BCUT2D eigenvalue weighted by molar-refractivity contribution is 7.09. The maximum Gasteiger partial charge on any atom is 0.254 e. The van der Waals surface area contributed by atoms with Crippen LogP contribution in [0.1, 0.15) is 60.7 Å². The molecule has 0 radical (unpaired) electrons. The van der Waals surface area contributed by atoms with Crippen LogP contribution in [0, 0.1) is 5.82 Å². The summed E-state index contributed by atoms with van der Waals surface area (Å²) in [5, 5.41) is 10.4. The van der Waals surface area contributed by atoms with Gasteiger partial charge in [0.1, 0.15) is 11.9 Å². The molecule has 1 saturated heterocycles. The molecule has 2 atom stereocenters. The van der Waals surface area contributed by atoms with Crippen molar-refractivity contribution in [3.63, 3.8) is 0 Å². The summed E-state index contributed by atoms with van der Waals surface area (Å²) in [4.78, 5) is 38.4. The third kappa shape index (κ3) is 3.70. The third-order valence-corrected chi connectivity index (χ3v) is 6.83. The molecule has 2 amide bonds. The van der Waals surface area contributed by atoms with Gasteiger partial charge in [0.25, 0.3) is 5.91 Å². The number of rotatable bonds is 4. The summed E-state index contributed by atoms with van der Waals surface area (Å²) >= 11 is 1.14. The lowest BCUT2D eigenvalue weighted by Gasteiger charge is -2.36. The van der Waals surface area contributed by atoms with Gasteiger partial charge >= 0.3 is 0 Å². The largest absolute Gasteiger partial charge is 0.385 e. The number of benzene rings is 1. The van der Waals surface area contributed by atoms with Crippen molar-refractivity contribution < 1.29 is 19.1 Å². The molecule has 0 spiro atoms. The molecule has 0 saturated carbocycles. The number of aromatic nitrogens is 4. The fourth-order valence-corrected chi connectivity index (χ4v) is 5.15. The second-order valence-corrected chi connectivity index (χ2v) is 9.01. The van der Waals surface area contributed by atoms with Crippen LogP contribution in [0.2, 0.25) is 0 Å². The second-order valence-electron chi connectivity index (χ2n) is 8.26. The molecule has 1 N–H and O–H groups in total. The maximum absolute atomic E-state index is 13.3. The summed E-state index contributed by atoms with van der Waals surface area (Å²) in [6.07, 6.45) is 0.408. The van der Waals surface area contributed by atoms with Crippen molar-refractivity contribution in [3.05, 3.63) is 47.2 Å². The molecule has 2 aliphatic heterocycles. The van der Waals surface area contributed by atoms with E-state index >= 15 is 0 Å². The Morgan fingerprint density at radius 1 is 1.21 bits per heavy atom. The monoisotopic (exact) mass is 470 g/mol. The molecule has 2 aliphatic rings. The zero-order valence-electron chi connectivity index (χ0n) is 18.2. The van der Waals surface area contributed by atoms with Crippen LogP contribution in [-0.4, -0.2) is 53.8 Å². The Morgan fingerprint density at radius 2 is 1.97 bits per heavy atom. The van der Waals surface area contributed by atoms with Crippen molar-refractivity contribution in [3.8, 4) is 10.8 Å². The number of carbonyl (C=O) groups is 2. The van der Waals surface area contributed by atoms with Gasteiger partial charge in [-0.2, -0.15) is 4.37 Å². The van der Waals surface area contributed by atoms with Gasteiger partial charge in [-0.1, -0.05) is 0 Å². The predicted molar refractivity (Wildman–Crippen MR) is 119 cm³/mol. The van der Waals surface area contributed by atoms with Crippen LogP contribution < -0.4 is 4.90 Å². The molecule has 2 aromatic heterocycles. The van der Waals surface area contributed by atoms with Crippen molar-refractivity contribution >= 4 is 29.2 Å². The van der Waals surface area contributed by atoms with Gasteiger partial charge in [0.05, 0.1) is 11.7 Å². The van der Waals surface area contributed by atoms with Crippen molar-refractivity contribution in [2.24, 2.45) is 0 Å². The molecule has 2 unspecified atom stereocenters. The van der Waals surface area contributed by atoms with Crippen LogP contribution in [0.25, 0.3) is 10.8 Å². The molecule has 33 heavy (non-hydrogen) atoms. The van der Waals surface area contributed by atoms with E-state index in [1.165, 1.54) is 24.3 Å². The Balaban J connectivity index is 1.57. The van der Waals surface area contributed by atoms with E-state index in [0.717, 1.165) is 23.6 Å². The molecular formula is C22H23FN6O3S. The first-order valence-corrected chi connectivity index (χ1v) is 11.6. The summed E-state index contributed by atoms with van der Waals surface area (Å²) < 4.78 is 19.6. The average Bonchev–Trinajstić information content (AvgIpc) is 3.52. The van der Waals surface area contributed by atoms with Crippen LogP contribution >= 0.6 is 11.5 Å². The molecule has 3 aromatic rings. The number of hydrogen-bond donors (Lipinski definition) is 1. The summed E-state index contributed by atoms with van der Waals surface area (Å²) in [5.41, 5.74) is 1.16. The number of hydrogen-bond acceptors (Lipinski definition) is 7. The SMILES string of the molecule is CC(O)c1nsc(-c2nc(N3CCCC3=O)c3n2CCN(C(=O)c2ccc(F)cc2)C3C)n1. The molecule has 1 fully saturated rings. The summed E-state index contributed by atoms with van der Waals surface area (Å²) in [6, 6.07) is 5.13. The van der Waals surface area contributed by atoms with Gasteiger partial charge in [-0.05, 0) is 56.1 Å². The molecule has 0 bridgehead atoms. The van der Waals surface area contributed by atoms with Crippen LogP contribution in [0.4, 0.5) is 10.2 Å². The van der Waals surface area contributed by atoms with E-state index in [1.54, 1.807) is 16.7 Å². The topological polar surface area (TPSA) is 104 Å². The number of anilines is 1. The maximum atomic E-state index is 13.3. The van der Waals surface area contributed by atoms with Crippen LogP contribution in [0.15, 0.2) is 24.3 Å². The fourth-order valence-electron chi connectivity index (χ4n) is 4.41. The van der Waals surface area contributed by atoms with Crippen molar-refractivity contribution in [1.82, 2.24) is 23.8 Å². The fraction of sp³-hybridized carbons (Fsp3) is 0.409. The molecule has 5 rings (SSSR count). The summed E-state index contributed by atoms with van der Waals surface area (Å²) in [5.74, 6) is 0.823. The quantitative estimate of drug-likeness (QED) is 0.629. The van der Waals surface area contributed by atoms with E-state index in [-0.39, 0.29) is 17.9 Å². The van der Waals surface area contributed by atoms with Crippen LogP contribution in [-0.2, 0) is 11.3 Å². The Bertz CT molecular complexity index is 1220. The van der Waals surface area contributed by atoms with E-state index in [1.807, 2.05) is 11.5 Å². The first-order chi connectivity index (χ1) is 15.8. The van der Waals surface area contributed by atoms with Gasteiger partial charge in [0.2, 0.25) is 5.91 Å². The smallest absolute Gasteiger partial charge is 0.254 e. The number of carbonyl (C=O) groups excluding carboxylic acids is 2. The summed E-state index contributed by atoms with van der Waals surface area (Å²) in [6.45, 7) is 4.95. The first-order valence-electron chi connectivity index (χ1n) is 10.8. The zero-order valence-corrected chi connectivity index (χ0v) is 19.0. The number of imidazole rings is 1. The van der Waals surface area contributed by atoms with Gasteiger partial charge in [0.15, 0.2) is 22.5 Å². The minimum atomic E-state index is -0.798. The number of aliphatic hydroxyl groups is 1. The zero-order chi connectivity index (χ0) is 23.3. The van der Waals surface area contributed by atoms with Gasteiger partial charge in [-0.3, -0.25) is 14.5 Å². The molecule has 0 aliphatic carbocycles. The minimum absolute atomic E-state index is 0.00133. The molecule has 11 heteroatoms. The Labute approximate surface area is 193 Å². The first kappa shape index (κ1) is 21.7. The Morgan fingerprint density at radius 3 is 2.61 bits per heavy atom. The second kappa shape index (κ2) is 8.31. The van der Waals surface area contributed by atoms with Gasteiger partial charge in [-0.25, -0.2) is 14.4 Å². The highest BCUT2D eigenvalue weighted by Gasteiger charge is 2.38. The van der Waals surface area contributed by atoms with Crippen molar-refractivity contribution in [1.29, 1.82) is 0 Å². The van der Waals surface area contributed by atoms with Gasteiger partial charge < -0.3 is 14.6 Å². The van der Waals surface area contributed by atoms with Gasteiger partial charge in [-0.15, -0.1) is 0 Å². The molecular weight excluding hydrogens is 447 g/mol. The summed E-state index contributed by atoms with van der Waals surface area (Å²) in [7, 11) is 0. The third-order valence-electron chi connectivity index (χ3n) is 6.10. The van der Waals surface area contributed by atoms with E-state index in [4.69, 9.17) is 4.98 Å². The van der Waals surface area contributed by atoms with Crippen molar-refractivity contribution in [2.75, 3.05) is 18.0 Å². The lowest BCUT2D eigenvalue weighted by Crippen LogP contribution is -2.42.